The van der Waals surface area contributed by atoms with E-state index in [1.807, 2.05) is 6.07 Å². The molecule has 2 aliphatic rings. The molecule has 9 aromatic rings. The van der Waals surface area contributed by atoms with Crippen molar-refractivity contribution in [2.24, 2.45) is 10.9 Å². The number of benzene rings is 7. The van der Waals surface area contributed by atoms with Crippen molar-refractivity contribution in [3.05, 3.63) is 181 Å². The third kappa shape index (κ3) is 5.16. The molecule has 0 saturated heterocycles. The molecule has 3 heterocycles. The van der Waals surface area contributed by atoms with Gasteiger partial charge in [-0.05, 0) is 63.7 Å². The molecule has 5 nitrogen and oxygen atoms in total. The number of nitrogens with one attached hydrogen (secondary N) is 2. The molecule has 0 spiro atoms. The van der Waals surface area contributed by atoms with Crippen molar-refractivity contribution >= 4 is 60.5 Å². The molecule has 2 N–H and O–H groups in total. The summed E-state index contributed by atoms with van der Waals surface area (Å²) in [5.74, 6) is 1.23. The van der Waals surface area contributed by atoms with Crippen molar-refractivity contribution in [3.63, 3.8) is 0 Å². The summed E-state index contributed by atoms with van der Waals surface area (Å²) in [7, 11) is 0. The Hall–Kier alpha value is -6.69. The molecule has 2 aromatic heterocycles. The molecule has 258 valence electrons. The lowest BCUT2D eigenvalue weighted by Gasteiger charge is -2.34. The van der Waals surface area contributed by atoms with Crippen LogP contribution in [0.25, 0.3) is 76.9 Å². The van der Waals surface area contributed by atoms with Gasteiger partial charge in [-0.15, -0.1) is 0 Å². The van der Waals surface area contributed by atoms with Crippen LogP contribution in [0.4, 0.5) is 0 Å². The maximum atomic E-state index is 6.85. The monoisotopic (exact) mass is 697 g/mol. The minimum Gasteiger partial charge on any atom is -0.456 e. The first kappa shape index (κ1) is 30.9. The quantitative estimate of drug-likeness (QED) is 0.188. The van der Waals surface area contributed by atoms with E-state index < -0.39 is 0 Å². The van der Waals surface area contributed by atoms with E-state index in [0.29, 0.717) is 0 Å². The Morgan fingerprint density at radius 3 is 2.00 bits per heavy atom. The highest BCUT2D eigenvalue weighted by molar-refractivity contribution is 6.14. The molecule has 0 bridgehead atoms. The second-order valence-corrected chi connectivity index (χ2v) is 14.3. The van der Waals surface area contributed by atoms with Gasteiger partial charge in [0.05, 0.1) is 0 Å². The van der Waals surface area contributed by atoms with Crippen LogP contribution in [-0.4, -0.2) is 5.84 Å². The van der Waals surface area contributed by atoms with E-state index in [1.165, 1.54) is 10.8 Å². The lowest BCUT2D eigenvalue weighted by molar-refractivity contribution is 0.399. The predicted molar refractivity (Wildman–Crippen MR) is 221 cm³/mol. The summed E-state index contributed by atoms with van der Waals surface area (Å²) in [6, 6.07) is 51.4. The van der Waals surface area contributed by atoms with Gasteiger partial charge in [0.25, 0.3) is 0 Å². The van der Waals surface area contributed by atoms with Crippen molar-refractivity contribution < 1.29 is 8.83 Å². The molecule has 0 radical (unpaired) electrons. The van der Waals surface area contributed by atoms with Gasteiger partial charge in [0.2, 0.25) is 0 Å². The average Bonchev–Trinajstić information content (AvgIpc) is 3.81. The molecule has 5 heteroatoms. The SMILES string of the molecule is C1=CCC(C2=NC(c3ccccc3)NC(c3ccc(-c4cccc5c4oc4c(-c6ccc7c(c6)oc6cc8ccccc8cc67)cccc45)cc3)N2)C=C1. The van der Waals surface area contributed by atoms with E-state index in [0.717, 1.165) is 89.5 Å². The van der Waals surface area contributed by atoms with Crippen LogP contribution in [0.15, 0.2) is 184 Å². The zero-order valence-electron chi connectivity index (χ0n) is 29.4. The molecule has 1 aliphatic heterocycles. The van der Waals surface area contributed by atoms with Crippen LogP contribution in [-0.2, 0) is 0 Å². The smallest absolute Gasteiger partial charge is 0.143 e. The summed E-state index contributed by atoms with van der Waals surface area (Å²) in [6.07, 6.45) is 9.36. The van der Waals surface area contributed by atoms with Gasteiger partial charge in [0.1, 0.15) is 40.5 Å². The average molecular weight is 698 g/mol. The molecule has 7 aromatic carbocycles. The lowest BCUT2D eigenvalue weighted by Crippen LogP contribution is -2.47. The molecule has 0 amide bonds. The zero-order valence-corrected chi connectivity index (χ0v) is 29.4. The normalized spacial score (nSPS) is 18.5. The number of nitrogens with zero attached hydrogens (tertiary/aromatic N) is 1. The first-order valence-electron chi connectivity index (χ1n) is 18.6. The lowest BCUT2D eigenvalue weighted by atomic mass is 9.97. The number of aliphatic imine (C=N–C) groups is 1. The Balaban J connectivity index is 0.945. The van der Waals surface area contributed by atoms with Crippen molar-refractivity contribution in [1.82, 2.24) is 10.6 Å². The largest absolute Gasteiger partial charge is 0.456 e. The van der Waals surface area contributed by atoms with E-state index in [2.05, 4.69) is 174 Å². The fraction of sp³-hybridized carbons (Fsp3) is 0.0816. The van der Waals surface area contributed by atoms with Crippen molar-refractivity contribution in [1.29, 1.82) is 0 Å². The van der Waals surface area contributed by atoms with Crippen LogP contribution in [0, 0.1) is 5.92 Å². The zero-order chi connectivity index (χ0) is 35.6. The number of amidine groups is 1. The van der Waals surface area contributed by atoms with Crippen LogP contribution >= 0.6 is 0 Å². The van der Waals surface area contributed by atoms with Crippen LogP contribution in [0.3, 0.4) is 0 Å². The van der Waals surface area contributed by atoms with Gasteiger partial charge in [0, 0.05) is 38.6 Å². The van der Waals surface area contributed by atoms with Gasteiger partial charge in [0.15, 0.2) is 0 Å². The van der Waals surface area contributed by atoms with Crippen LogP contribution in [0.5, 0.6) is 0 Å². The number of hydrogen-bond donors (Lipinski definition) is 2. The Labute approximate surface area is 311 Å². The number of furan rings is 2. The number of hydrogen-bond acceptors (Lipinski definition) is 5. The Morgan fingerprint density at radius 1 is 0.537 bits per heavy atom. The first-order valence-corrected chi connectivity index (χ1v) is 18.6. The van der Waals surface area contributed by atoms with E-state index in [4.69, 9.17) is 13.8 Å². The van der Waals surface area contributed by atoms with Gasteiger partial charge in [-0.2, -0.15) is 0 Å². The van der Waals surface area contributed by atoms with Crippen LogP contribution in [0.2, 0.25) is 0 Å². The second-order valence-electron chi connectivity index (χ2n) is 14.3. The van der Waals surface area contributed by atoms with Crippen molar-refractivity contribution in [3.8, 4) is 22.3 Å². The number of fused-ring (bicyclic) bond motifs is 7. The fourth-order valence-corrected chi connectivity index (χ4v) is 8.29. The van der Waals surface area contributed by atoms with Crippen LogP contribution < -0.4 is 10.6 Å². The summed E-state index contributed by atoms with van der Waals surface area (Å²) in [5, 5.41) is 14.3. The van der Waals surface area contributed by atoms with Crippen molar-refractivity contribution in [2.75, 3.05) is 0 Å². The third-order valence-corrected chi connectivity index (χ3v) is 11.1. The first-order chi connectivity index (χ1) is 26.7. The molecule has 3 unspecified atom stereocenters. The maximum absolute atomic E-state index is 6.85. The number of allylic oxidation sites excluding steroid dienone is 3. The molecular weight excluding hydrogens is 663 g/mol. The summed E-state index contributed by atoms with van der Waals surface area (Å²) in [4.78, 5) is 5.13. The van der Waals surface area contributed by atoms with Gasteiger partial charge in [-0.3, -0.25) is 5.32 Å². The summed E-state index contributed by atoms with van der Waals surface area (Å²) in [5.41, 5.74) is 10.1. The maximum Gasteiger partial charge on any atom is 0.143 e. The Bertz CT molecular complexity index is 2990. The topological polar surface area (TPSA) is 62.7 Å². The van der Waals surface area contributed by atoms with Gasteiger partial charge >= 0.3 is 0 Å². The highest BCUT2D eigenvalue weighted by Crippen LogP contribution is 2.42. The number of rotatable bonds is 5. The fourth-order valence-electron chi connectivity index (χ4n) is 8.29. The summed E-state index contributed by atoms with van der Waals surface area (Å²) in [6.45, 7) is 0. The van der Waals surface area contributed by atoms with E-state index >= 15 is 0 Å². The number of para-hydroxylation sites is 2. The Morgan fingerprint density at radius 2 is 1.24 bits per heavy atom. The van der Waals surface area contributed by atoms with E-state index in [-0.39, 0.29) is 18.2 Å². The third-order valence-electron chi connectivity index (χ3n) is 11.1. The van der Waals surface area contributed by atoms with E-state index in [1.54, 1.807) is 0 Å². The van der Waals surface area contributed by atoms with Gasteiger partial charge in [-0.1, -0.05) is 146 Å². The molecule has 54 heavy (non-hydrogen) atoms. The minimum absolute atomic E-state index is 0.0937. The second kappa shape index (κ2) is 12.5. The highest BCUT2D eigenvalue weighted by atomic mass is 16.3. The van der Waals surface area contributed by atoms with Crippen molar-refractivity contribution in [2.45, 2.75) is 18.8 Å². The molecule has 0 saturated carbocycles. The summed E-state index contributed by atoms with van der Waals surface area (Å²) >= 11 is 0. The Kier molecular flexibility index (Phi) is 7.13. The molecule has 1 aliphatic carbocycles. The van der Waals surface area contributed by atoms with Gasteiger partial charge in [-0.25, -0.2) is 4.99 Å². The predicted octanol–water partition coefficient (Wildman–Crippen LogP) is 12.4. The molecule has 3 atom stereocenters. The van der Waals surface area contributed by atoms with Gasteiger partial charge < -0.3 is 14.2 Å². The standard InChI is InChI=1S/C49H35N3O2/c1-3-11-31(12-4-1)47-50-48(32-13-5-2-6-14-32)52-49(51-47)33-23-21-30(22-24-33)37-17-9-19-40-41-20-10-18-38(46(41)54-45(37)40)36-25-26-39-42-27-34-15-7-8-16-35(34)28-44(42)53-43(39)29-36/h1-13,15-29,32,47,49,51H,14H2,(H,50,52). The summed E-state index contributed by atoms with van der Waals surface area (Å²) < 4.78 is 13.3. The van der Waals surface area contributed by atoms with Crippen LogP contribution in [0.1, 0.15) is 29.9 Å². The highest BCUT2D eigenvalue weighted by Gasteiger charge is 2.28. The minimum atomic E-state index is -0.141. The van der Waals surface area contributed by atoms with E-state index in [9.17, 15) is 0 Å². The molecular formula is C49H35N3O2. The molecule has 0 fully saturated rings. The molecule has 11 rings (SSSR count).